The number of halogens is 2. The second-order valence-corrected chi connectivity index (χ2v) is 8.09. The Labute approximate surface area is 121 Å². The van der Waals surface area contributed by atoms with Crippen LogP contribution in [0.5, 0.6) is 0 Å². The molecule has 1 aromatic rings. The van der Waals surface area contributed by atoms with Crippen LogP contribution in [0.25, 0.3) is 0 Å². The predicted molar refractivity (Wildman–Crippen MR) is 72.7 cm³/mol. The van der Waals surface area contributed by atoms with Gasteiger partial charge in [0.25, 0.3) is 0 Å². The quantitative estimate of drug-likeness (QED) is 0.837. The lowest BCUT2D eigenvalue weighted by atomic mass is 10.0. The summed E-state index contributed by atoms with van der Waals surface area (Å²) in [6, 6.07) is 1.72. The number of nitrogens with one attached hydrogen (secondary N) is 1. The van der Waals surface area contributed by atoms with Crippen LogP contribution in [-0.2, 0) is 10.0 Å². The van der Waals surface area contributed by atoms with E-state index in [0.717, 1.165) is 12.1 Å². The van der Waals surface area contributed by atoms with Gasteiger partial charge in [-0.1, -0.05) is 0 Å². The molecule has 0 amide bonds. The molecule has 4 rings (SSSR count). The van der Waals surface area contributed by atoms with Crippen molar-refractivity contribution in [2.45, 2.75) is 30.2 Å². The number of sulfonamides is 1. The number of nitrogen functional groups attached to an aromatic ring is 1. The normalized spacial score (nSPS) is 36.8. The molecule has 0 heterocycles. The van der Waals surface area contributed by atoms with Crippen LogP contribution < -0.4 is 10.5 Å². The van der Waals surface area contributed by atoms with E-state index in [1.54, 1.807) is 0 Å². The summed E-state index contributed by atoms with van der Waals surface area (Å²) in [5.74, 6) is -0.144. The van der Waals surface area contributed by atoms with Gasteiger partial charge in [-0.05, 0) is 55.1 Å². The zero-order valence-electron chi connectivity index (χ0n) is 11.2. The van der Waals surface area contributed by atoms with Gasteiger partial charge in [0.05, 0.1) is 0 Å². The fraction of sp³-hybridized carbons (Fsp3) is 0.571. The van der Waals surface area contributed by atoms with Gasteiger partial charge >= 0.3 is 0 Å². The molecule has 0 radical (unpaired) electrons. The number of nitrogens with two attached hydrogens (primary N) is 1. The Morgan fingerprint density at radius 3 is 2.38 bits per heavy atom. The van der Waals surface area contributed by atoms with Crippen LogP contribution in [0, 0.1) is 35.3 Å². The Morgan fingerprint density at radius 2 is 1.76 bits per heavy atom. The molecule has 7 heteroatoms. The van der Waals surface area contributed by atoms with Crippen LogP contribution in [-0.4, -0.2) is 14.5 Å². The summed E-state index contributed by atoms with van der Waals surface area (Å²) in [6.07, 6.45) is 3.54. The summed E-state index contributed by atoms with van der Waals surface area (Å²) in [7, 11) is -4.00. The van der Waals surface area contributed by atoms with Crippen molar-refractivity contribution in [1.82, 2.24) is 4.72 Å². The molecular weight excluding hydrogens is 298 g/mol. The highest BCUT2D eigenvalue weighted by Gasteiger charge is 2.65. The molecule has 3 aliphatic rings. The zero-order chi connectivity index (χ0) is 14.9. The average molecular weight is 314 g/mol. The highest BCUT2D eigenvalue weighted by Crippen LogP contribution is 2.65. The molecule has 0 aliphatic heterocycles. The standard InChI is InChI=1S/C14H16F2N2O2S/c15-8-3-4-9(12(16)13(8)17)21(19,20)18-14-10-6-1-2-7(5-6)11(10)14/h3-4,6-7,10-11,14,18H,1-2,5,17H2. The molecule has 0 aromatic heterocycles. The Hall–Kier alpha value is -1.21. The number of benzene rings is 1. The molecule has 114 valence electrons. The minimum absolute atomic E-state index is 0.0908. The van der Waals surface area contributed by atoms with Gasteiger partial charge < -0.3 is 5.73 Å². The highest BCUT2D eigenvalue weighted by molar-refractivity contribution is 7.89. The van der Waals surface area contributed by atoms with E-state index in [2.05, 4.69) is 4.72 Å². The van der Waals surface area contributed by atoms with E-state index in [9.17, 15) is 17.2 Å². The molecule has 3 fully saturated rings. The van der Waals surface area contributed by atoms with Gasteiger partial charge in [-0.3, -0.25) is 0 Å². The lowest BCUT2D eigenvalue weighted by molar-refractivity contribution is 0.456. The third-order valence-corrected chi connectivity index (χ3v) is 6.88. The highest BCUT2D eigenvalue weighted by atomic mass is 32.2. The van der Waals surface area contributed by atoms with Gasteiger partial charge in [0.15, 0.2) is 5.82 Å². The van der Waals surface area contributed by atoms with E-state index >= 15 is 0 Å². The van der Waals surface area contributed by atoms with E-state index in [1.165, 1.54) is 19.3 Å². The van der Waals surface area contributed by atoms with Crippen molar-refractivity contribution in [2.24, 2.45) is 23.7 Å². The van der Waals surface area contributed by atoms with E-state index in [4.69, 9.17) is 5.73 Å². The monoisotopic (exact) mass is 314 g/mol. The van der Waals surface area contributed by atoms with Gasteiger partial charge in [-0.25, -0.2) is 21.9 Å². The number of hydrogen-bond donors (Lipinski definition) is 2. The number of hydrogen-bond acceptors (Lipinski definition) is 3. The van der Waals surface area contributed by atoms with Crippen molar-refractivity contribution in [2.75, 3.05) is 5.73 Å². The van der Waals surface area contributed by atoms with Gasteiger partial charge in [-0.2, -0.15) is 0 Å². The first-order chi connectivity index (χ1) is 9.90. The van der Waals surface area contributed by atoms with Gasteiger partial charge in [0.2, 0.25) is 10.0 Å². The van der Waals surface area contributed by atoms with E-state index < -0.39 is 32.2 Å². The molecule has 4 unspecified atom stereocenters. The molecule has 4 nitrogen and oxygen atoms in total. The van der Waals surface area contributed by atoms with Crippen molar-refractivity contribution in [1.29, 1.82) is 0 Å². The van der Waals surface area contributed by atoms with Crippen molar-refractivity contribution in [3.8, 4) is 0 Å². The number of anilines is 1. The Balaban J connectivity index is 1.60. The minimum atomic E-state index is -4.00. The van der Waals surface area contributed by atoms with E-state index in [0.29, 0.717) is 23.7 Å². The molecule has 4 atom stereocenters. The van der Waals surface area contributed by atoms with Crippen molar-refractivity contribution in [3.63, 3.8) is 0 Å². The first-order valence-electron chi connectivity index (χ1n) is 7.16. The van der Waals surface area contributed by atoms with E-state index in [-0.39, 0.29) is 6.04 Å². The molecule has 21 heavy (non-hydrogen) atoms. The Bertz CT molecular complexity index is 706. The van der Waals surface area contributed by atoms with Crippen LogP contribution in [0.2, 0.25) is 0 Å². The van der Waals surface area contributed by atoms with Crippen molar-refractivity contribution >= 4 is 15.7 Å². The van der Waals surface area contributed by atoms with Crippen LogP contribution >= 0.6 is 0 Å². The zero-order valence-corrected chi connectivity index (χ0v) is 12.0. The Morgan fingerprint density at radius 1 is 1.14 bits per heavy atom. The maximum absolute atomic E-state index is 13.9. The summed E-state index contributed by atoms with van der Waals surface area (Å²) >= 11 is 0. The van der Waals surface area contributed by atoms with Gasteiger partial charge in [-0.15, -0.1) is 0 Å². The average Bonchev–Trinajstić information content (AvgIpc) is 2.83. The summed E-state index contributed by atoms with van der Waals surface area (Å²) in [5.41, 5.74) is 4.47. The van der Waals surface area contributed by atoms with Crippen molar-refractivity contribution < 1.29 is 17.2 Å². The molecular formula is C14H16F2N2O2S. The lowest BCUT2D eigenvalue weighted by Gasteiger charge is -2.12. The summed E-state index contributed by atoms with van der Waals surface area (Å²) < 4.78 is 54.2. The second-order valence-electron chi connectivity index (χ2n) is 6.41. The predicted octanol–water partition coefficient (Wildman–Crippen LogP) is 1.87. The lowest BCUT2D eigenvalue weighted by Crippen LogP contribution is -2.31. The van der Waals surface area contributed by atoms with Crippen LogP contribution in [0.4, 0.5) is 14.5 Å². The number of fused-ring (bicyclic) bond motifs is 5. The third kappa shape index (κ3) is 1.83. The number of rotatable bonds is 3. The molecule has 3 N–H and O–H groups in total. The maximum Gasteiger partial charge on any atom is 0.243 e. The molecule has 0 spiro atoms. The van der Waals surface area contributed by atoms with Crippen LogP contribution in [0.1, 0.15) is 19.3 Å². The van der Waals surface area contributed by atoms with Crippen LogP contribution in [0.3, 0.4) is 0 Å². The Kier molecular flexibility index (Phi) is 2.67. The summed E-state index contributed by atoms with van der Waals surface area (Å²) in [4.78, 5) is -0.571. The van der Waals surface area contributed by atoms with Gasteiger partial charge in [0.1, 0.15) is 16.4 Å². The first-order valence-corrected chi connectivity index (χ1v) is 8.64. The van der Waals surface area contributed by atoms with Crippen molar-refractivity contribution in [3.05, 3.63) is 23.8 Å². The molecule has 0 saturated heterocycles. The third-order valence-electron chi connectivity index (χ3n) is 5.41. The molecule has 3 aliphatic carbocycles. The first kappa shape index (κ1) is 13.5. The fourth-order valence-electron chi connectivity index (χ4n) is 4.48. The SMILES string of the molecule is Nc1c(F)ccc(S(=O)(=O)NC2C3C4CCC(C4)C23)c1F. The second kappa shape index (κ2) is 4.16. The summed E-state index contributed by atoms with van der Waals surface area (Å²) in [5, 5.41) is 0. The minimum Gasteiger partial charge on any atom is -0.394 e. The summed E-state index contributed by atoms with van der Waals surface area (Å²) in [6.45, 7) is 0. The molecule has 2 bridgehead atoms. The molecule has 1 aromatic carbocycles. The van der Waals surface area contributed by atoms with Gasteiger partial charge in [0, 0.05) is 6.04 Å². The van der Waals surface area contributed by atoms with E-state index in [1.807, 2.05) is 0 Å². The maximum atomic E-state index is 13.9. The smallest absolute Gasteiger partial charge is 0.243 e. The fourth-order valence-corrected chi connectivity index (χ4v) is 5.88. The topological polar surface area (TPSA) is 72.2 Å². The molecule has 3 saturated carbocycles. The van der Waals surface area contributed by atoms with Crippen LogP contribution in [0.15, 0.2) is 17.0 Å². The largest absolute Gasteiger partial charge is 0.394 e.